The smallest absolute Gasteiger partial charge is 0.0541 e. The lowest BCUT2D eigenvalue weighted by Gasteiger charge is -2.29. The van der Waals surface area contributed by atoms with E-state index in [-0.39, 0.29) is 6.10 Å². The zero-order valence-electron chi connectivity index (χ0n) is 10.8. The molecule has 1 aliphatic carbocycles. The van der Waals surface area contributed by atoms with Gasteiger partial charge in [-0.2, -0.15) is 0 Å². The molecule has 2 rings (SSSR count). The van der Waals surface area contributed by atoms with Crippen LogP contribution in [0.5, 0.6) is 0 Å². The number of hydrogen-bond acceptors (Lipinski definition) is 2. The maximum absolute atomic E-state index is 9.48. The molecule has 1 aromatic rings. The molecule has 1 fully saturated rings. The SMILES string of the molecule is Cc1ccc(C(C)NC2CCC(O)CC2)cc1. The highest BCUT2D eigenvalue weighted by Gasteiger charge is 2.20. The summed E-state index contributed by atoms with van der Waals surface area (Å²) in [6, 6.07) is 9.69. The lowest BCUT2D eigenvalue weighted by molar-refractivity contribution is 0.114. The van der Waals surface area contributed by atoms with Gasteiger partial charge in [-0.15, -0.1) is 0 Å². The number of aryl methyl sites for hydroxylation is 1. The van der Waals surface area contributed by atoms with Crippen LogP contribution in [0.3, 0.4) is 0 Å². The van der Waals surface area contributed by atoms with E-state index in [1.807, 2.05) is 0 Å². The van der Waals surface area contributed by atoms with Crippen molar-refractivity contribution in [3.63, 3.8) is 0 Å². The van der Waals surface area contributed by atoms with E-state index in [1.54, 1.807) is 0 Å². The lowest BCUT2D eigenvalue weighted by atomic mass is 9.92. The first-order chi connectivity index (χ1) is 8.15. The van der Waals surface area contributed by atoms with Crippen molar-refractivity contribution < 1.29 is 5.11 Å². The average Bonchev–Trinajstić information content (AvgIpc) is 2.33. The summed E-state index contributed by atoms with van der Waals surface area (Å²) in [7, 11) is 0. The number of hydrogen-bond donors (Lipinski definition) is 2. The van der Waals surface area contributed by atoms with Gasteiger partial charge in [0.05, 0.1) is 6.10 Å². The van der Waals surface area contributed by atoms with Crippen LogP contribution in [-0.4, -0.2) is 17.3 Å². The van der Waals surface area contributed by atoms with E-state index in [1.165, 1.54) is 11.1 Å². The molecule has 0 heterocycles. The highest BCUT2D eigenvalue weighted by Crippen LogP contribution is 2.22. The van der Waals surface area contributed by atoms with Crippen molar-refractivity contribution in [3.8, 4) is 0 Å². The van der Waals surface area contributed by atoms with Crippen molar-refractivity contribution in [2.75, 3.05) is 0 Å². The molecule has 2 nitrogen and oxygen atoms in total. The van der Waals surface area contributed by atoms with Gasteiger partial charge in [-0.05, 0) is 45.1 Å². The lowest BCUT2D eigenvalue weighted by Crippen LogP contribution is -2.36. The molecule has 0 radical (unpaired) electrons. The Balaban J connectivity index is 1.88. The van der Waals surface area contributed by atoms with Crippen LogP contribution in [-0.2, 0) is 0 Å². The first-order valence-corrected chi connectivity index (χ1v) is 6.66. The van der Waals surface area contributed by atoms with Crippen molar-refractivity contribution in [1.29, 1.82) is 0 Å². The Morgan fingerprint density at radius 3 is 2.29 bits per heavy atom. The molecular formula is C15H23NO. The average molecular weight is 233 g/mol. The first kappa shape index (κ1) is 12.6. The standard InChI is InChI=1S/C15H23NO/c1-11-3-5-13(6-4-11)12(2)16-14-7-9-15(17)10-8-14/h3-6,12,14-17H,7-10H2,1-2H3. The minimum atomic E-state index is -0.0669. The molecular weight excluding hydrogens is 210 g/mol. The van der Waals surface area contributed by atoms with Gasteiger partial charge in [0.1, 0.15) is 0 Å². The number of nitrogens with one attached hydrogen (secondary N) is 1. The third kappa shape index (κ3) is 3.55. The number of aliphatic hydroxyl groups is 1. The summed E-state index contributed by atoms with van der Waals surface area (Å²) in [5, 5.41) is 13.1. The molecule has 0 spiro atoms. The van der Waals surface area contributed by atoms with Crippen LogP contribution in [0.2, 0.25) is 0 Å². The predicted octanol–water partition coefficient (Wildman–Crippen LogP) is 2.95. The summed E-state index contributed by atoms with van der Waals surface area (Å²) in [5.74, 6) is 0. The molecule has 1 saturated carbocycles. The van der Waals surface area contributed by atoms with Crippen molar-refractivity contribution in [2.45, 2.75) is 57.7 Å². The topological polar surface area (TPSA) is 32.3 Å². The van der Waals surface area contributed by atoms with Crippen molar-refractivity contribution in [3.05, 3.63) is 35.4 Å². The number of aliphatic hydroxyl groups excluding tert-OH is 1. The number of rotatable bonds is 3. The molecule has 1 unspecified atom stereocenters. The Morgan fingerprint density at radius 1 is 1.12 bits per heavy atom. The Labute approximate surface area is 104 Å². The highest BCUT2D eigenvalue weighted by molar-refractivity contribution is 5.23. The van der Waals surface area contributed by atoms with Crippen LogP contribution in [0.15, 0.2) is 24.3 Å². The summed E-state index contributed by atoms with van der Waals surface area (Å²) in [4.78, 5) is 0. The van der Waals surface area contributed by atoms with Crippen LogP contribution in [0.4, 0.5) is 0 Å². The van der Waals surface area contributed by atoms with E-state index >= 15 is 0 Å². The van der Waals surface area contributed by atoms with E-state index in [4.69, 9.17) is 0 Å². The normalized spacial score (nSPS) is 26.8. The fraction of sp³-hybridized carbons (Fsp3) is 0.600. The van der Waals surface area contributed by atoms with Gasteiger partial charge in [0.25, 0.3) is 0 Å². The molecule has 0 amide bonds. The van der Waals surface area contributed by atoms with Gasteiger partial charge < -0.3 is 10.4 Å². The summed E-state index contributed by atoms with van der Waals surface area (Å²) in [5.41, 5.74) is 2.66. The second kappa shape index (κ2) is 5.65. The van der Waals surface area contributed by atoms with Gasteiger partial charge in [-0.3, -0.25) is 0 Å². The van der Waals surface area contributed by atoms with Crippen LogP contribution in [0.25, 0.3) is 0 Å². The molecule has 0 aliphatic heterocycles. The van der Waals surface area contributed by atoms with Crippen LogP contribution in [0.1, 0.15) is 49.8 Å². The van der Waals surface area contributed by atoms with Crippen molar-refractivity contribution in [2.24, 2.45) is 0 Å². The molecule has 1 aliphatic rings. The van der Waals surface area contributed by atoms with E-state index in [0.29, 0.717) is 12.1 Å². The molecule has 2 N–H and O–H groups in total. The Bertz CT molecular complexity index is 338. The second-order valence-electron chi connectivity index (χ2n) is 5.30. The quantitative estimate of drug-likeness (QED) is 0.841. The van der Waals surface area contributed by atoms with E-state index in [0.717, 1.165) is 25.7 Å². The largest absolute Gasteiger partial charge is 0.393 e. The van der Waals surface area contributed by atoms with Gasteiger partial charge in [-0.1, -0.05) is 29.8 Å². The molecule has 1 aromatic carbocycles. The van der Waals surface area contributed by atoms with E-state index in [2.05, 4.69) is 43.4 Å². The zero-order valence-corrected chi connectivity index (χ0v) is 10.8. The zero-order chi connectivity index (χ0) is 12.3. The third-order valence-corrected chi connectivity index (χ3v) is 3.76. The maximum atomic E-state index is 9.48. The van der Waals surface area contributed by atoms with Gasteiger partial charge >= 0.3 is 0 Å². The van der Waals surface area contributed by atoms with E-state index in [9.17, 15) is 5.11 Å². The summed E-state index contributed by atoms with van der Waals surface area (Å²) in [6.45, 7) is 4.33. The minimum absolute atomic E-state index is 0.0669. The summed E-state index contributed by atoms with van der Waals surface area (Å²) < 4.78 is 0. The van der Waals surface area contributed by atoms with Crippen LogP contribution in [0, 0.1) is 6.92 Å². The fourth-order valence-corrected chi connectivity index (χ4v) is 2.55. The second-order valence-corrected chi connectivity index (χ2v) is 5.30. The Morgan fingerprint density at radius 2 is 1.71 bits per heavy atom. The third-order valence-electron chi connectivity index (χ3n) is 3.76. The minimum Gasteiger partial charge on any atom is -0.393 e. The van der Waals surface area contributed by atoms with Crippen molar-refractivity contribution >= 4 is 0 Å². The fourth-order valence-electron chi connectivity index (χ4n) is 2.55. The Hall–Kier alpha value is -0.860. The molecule has 2 heteroatoms. The van der Waals surface area contributed by atoms with Gasteiger partial charge in [0.15, 0.2) is 0 Å². The summed E-state index contributed by atoms with van der Waals surface area (Å²) >= 11 is 0. The Kier molecular flexibility index (Phi) is 4.19. The molecule has 94 valence electrons. The molecule has 0 aromatic heterocycles. The monoisotopic (exact) mass is 233 g/mol. The summed E-state index contributed by atoms with van der Waals surface area (Å²) in [6.07, 6.45) is 4.01. The highest BCUT2D eigenvalue weighted by atomic mass is 16.3. The predicted molar refractivity (Wildman–Crippen MR) is 71.0 cm³/mol. The number of benzene rings is 1. The first-order valence-electron chi connectivity index (χ1n) is 6.66. The van der Waals surface area contributed by atoms with Gasteiger partial charge in [-0.25, -0.2) is 0 Å². The molecule has 0 bridgehead atoms. The molecule has 0 saturated heterocycles. The van der Waals surface area contributed by atoms with Crippen LogP contribution >= 0.6 is 0 Å². The molecule has 17 heavy (non-hydrogen) atoms. The van der Waals surface area contributed by atoms with Gasteiger partial charge in [0, 0.05) is 12.1 Å². The van der Waals surface area contributed by atoms with E-state index < -0.39 is 0 Å². The van der Waals surface area contributed by atoms with Crippen LogP contribution < -0.4 is 5.32 Å². The molecule has 1 atom stereocenters. The maximum Gasteiger partial charge on any atom is 0.0541 e. The van der Waals surface area contributed by atoms with Crippen molar-refractivity contribution in [1.82, 2.24) is 5.32 Å². The van der Waals surface area contributed by atoms with Gasteiger partial charge in [0.2, 0.25) is 0 Å².